The Balaban J connectivity index is 2.25. The maximum Gasteiger partial charge on any atom is 0.416 e. The highest BCUT2D eigenvalue weighted by atomic mass is 32.2. The second-order valence-corrected chi connectivity index (χ2v) is 6.02. The minimum atomic E-state index is -4.69. The van der Waals surface area contributed by atoms with Crippen LogP contribution in [0.1, 0.15) is 27.0 Å². The van der Waals surface area contributed by atoms with Crippen molar-refractivity contribution >= 4 is 17.7 Å². The number of thioether (sulfide) groups is 1. The molecule has 9 heteroatoms. The van der Waals surface area contributed by atoms with E-state index >= 15 is 0 Å². The minimum Gasteiger partial charge on any atom is -0.478 e. The summed E-state index contributed by atoms with van der Waals surface area (Å²) in [6, 6.07) is 6.70. The van der Waals surface area contributed by atoms with Crippen molar-refractivity contribution in [3.63, 3.8) is 0 Å². The van der Waals surface area contributed by atoms with Gasteiger partial charge in [0, 0.05) is 10.6 Å². The van der Waals surface area contributed by atoms with Gasteiger partial charge in [0.25, 0.3) is 0 Å². The van der Waals surface area contributed by atoms with Crippen LogP contribution in [0.4, 0.5) is 26.3 Å². The Labute approximate surface area is 142 Å². The summed E-state index contributed by atoms with van der Waals surface area (Å²) in [5.74, 6) is -1.56. The van der Waals surface area contributed by atoms with Crippen molar-refractivity contribution in [3.05, 3.63) is 64.7 Å². The molecule has 0 aliphatic carbocycles. The van der Waals surface area contributed by atoms with Gasteiger partial charge in [-0.15, -0.1) is 11.8 Å². The molecule has 0 fully saturated rings. The average molecular weight is 380 g/mol. The van der Waals surface area contributed by atoms with E-state index in [2.05, 4.69) is 0 Å². The lowest BCUT2D eigenvalue weighted by Crippen LogP contribution is -2.08. The summed E-state index contributed by atoms with van der Waals surface area (Å²) in [7, 11) is 0. The van der Waals surface area contributed by atoms with E-state index in [0.29, 0.717) is 6.07 Å². The highest BCUT2D eigenvalue weighted by Gasteiger charge is 2.32. The Bertz CT molecular complexity index is 783. The van der Waals surface area contributed by atoms with Crippen molar-refractivity contribution in [1.29, 1.82) is 0 Å². The molecule has 134 valence electrons. The molecule has 0 aliphatic rings. The van der Waals surface area contributed by atoms with Gasteiger partial charge in [0.05, 0.1) is 16.7 Å². The summed E-state index contributed by atoms with van der Waals surface area (Å²) in [4.78, 5) is 11.2. The van der Waals surface area contributed by atoms with E-state index in [1.165, 1.54) is 12.1 Å². The Hall–Kier alpha value is -2.16. The van der Waals surface area contributed by atoms with Crippen LogP contribution in [0.15, 0.2) is 47.4 Å². The quantitative estimate of drug-likeness (QED) is 0.545. The SMILES string of the molecule is O=C(O)c1cc(C(F)(F)F)ccc1SCc1cccc(C(F)(F)F)c1. The molecule has 0 spiro atoms. The molecule has 2 nitrogen and oxygen atoms in total. The molecule has 2 aromatic rings. The molecule has 0 aliphatic heterocycles. The number of halogens is 6. The first-order chi connectivity index (χ1) is 11.5. The van der Waals surface area contributed by atoms with Crippen LogP contribution in [0.2, 0.25) is 0 Å². The summed E-state index contributed by atoms with van der Waals surface area (Å²) in [6.45, 7) is 0. The third-order valence-electron chi connectivity index (χ3n) is 3.19. The fraction of sp³-hybridized carbons (Fsp3) is 0.188. The van der Waals surface area contributed by atoms with Gasteiger partial charge in [0.15, 0.2) is 0 Å². The summed E-state index contributed by atoms with van der Waals surface area (Å²) in [6.07, 6.45) is -9.20. The van der Waals surface area contributed by atoms with Crippen LogP contribution < -0.4 is 0 Å². The molecule has 0 bridgehead atoms. The molecule has 2 rings (SSSR count). The lowest BCUT2D eigenvalue weighted by atomic mass is 10.1. The molecule has 25 heavy (non-hydrogen) atoms. The molecule has 1 N–H and O–H groups in total. The van der Waals surface area contributed by atoms with E-state index < -0.39 is 35.0 Å². The fourth-order valence-corrected chi connectivity index (χ4v) is 2.97. The predicted molar refractivity (Wildman–Crippen MR) is 79.4 cm³/mol. The second-order valence-electron chi connectivity index (χ2n) is 5.00. The zero-order chi connectivity index (χ0) is 18.8. The summed E-state index contributed by atoms with van der Waals surface area (Å²) < 4.78 is 76.0. The summed E-state index contributed by atoms with van der Waals surface area (Å²) >= 11 is 0.852. The normalized spacial score (nSPS) is 12.2. The number of carbonyl (C=O) groups is 1. The van der Waals surface area contributed by atoms with Gasteiger partial charge in [-0.3, -0.25) is 0 Å². The van der Waals surface area contributed by atoms with E-state index in [0.717, 1.165) is 36.0 Å². The first-order valence-corrected chi connectivity index (χ1v) is 7.70. The van der Waals surface area contributed by atoms with Crippen molar-refractivity contribution in [2.45, 2.75) is 23.0 Å². The van der Waals surface area contributed by atoms with Crippen LogP contribution in [-0.2, 0) is 18.1 Å². The zero-order valence-corrected chi connectivity index (χ0v) is 13.1. The van der Waals surface area contributed by atoms with Gasteiger partial charge in [0.1, 0.15) is 0 Å². The molecule has 0 saturated carbocycles. The Morgan fingerprint density at radius 2 is 1.52 bits per heavy atom. The third-order valence-corrected chi connectivity index (χ3v) is 4.33. The van der Waals surface area contributed by atoms with Crippen molar-refractivity contribution < 1.29 is 36.2 Å². The number of carboxylic acid groups (broad SMARTS) is 1. The van der Waals surface area contributed by atoms with Gasteiger partial charge in [-0.25, -0.2) is 4.79 Å². The van der Waals surface area contributed by atoms with Gasteiger partial charge >= 0.3 is 18.3 Å². The Morgan fingerprint density at radius 1 is 0.920 bits per heavy atom. The van der Waals surface area contributed by atoms with E-state index in [1.54, 1.807) is 0 Å². The van der Waals surface area contributed by atoms with Crippen LogP contribution in [0.25, 0.3) is 0 Å². The minimum absolute atomic E-state index is 0.0183. The van der Waals surface area contributed by atoms with Crippen LogP contribution >= 0.6 is 11.8 Å². The first-order valence-electron chi connectivity index (χ1n) is 6.72. The number of aromatic carboxylic acids is 1. The van der Waals surface area contributed by atoms with Crippen molar-refractivity contribution in [2.24, 2.45) is 0 Å². The average Bonchev–Trinajstić information content (AvgIpc) is 2.51. The molecule has 0 heterocycles. The molecule has 0 amide bonds. The smallest absolute Gasteiger partial charge is 0.416 e. The molecule has 0 atom stereocenters. The predicted octanol–water partition coefficient (Wildman–Crippen LogP) is 5.71. The Morgan fingerprint density at radius 3 is 2.08 bits per heavy atom. The topological polar surface area (TPSA) is 37.3 Å². The molecule has 2 aromatic carbocycles. The van der Waals surface area contributed by atoms with Crippen LogP contribution in [0, 0.1) is 0 Å². The Kier molecular flexibility index (Phi) is 5.36. The number of benzene rings is 2. The van der Waals surface area contributed by atoms with Crippen LogP contribution in [-0.4, -0.2) is 11.1 Å². The number of rotatable bonds is 4. The molecule has 0 aromatic heterocycles. The zero-order valence-electron chi connectivity index (χ0n) is 12.3. The first kappa shape index (κ1) is 19.2. The maximum atomic E-state index is 12.7. The lowest BCUT2D eigenvalue weighted by Gasteiger charge is -2.12. The molecular formula is C16H10F6O2S. The summed E-state index contributed by atoms with van der Waals surface area (Å²) in [5.41, 5.74) is -2.23. The number of hydrogen-bond acceptors (Lipinski definition) is 2. The van der Waals surface area contributed by atoms with Gasteiger partial charge in [-0.1, -0.05) is 18.2 Å². The largest absolute Gasteiger partial charge is 0.478 e. The van der Waals surface area contributed by atoms with Gasteiger partial charge in [0.2, 0.25) is 0 Å². The fourth-order valence-electron chi connectivity index (χ4n) is 2.00. The third kappa shape index (κ3) is 4.91. The highest BCUT2D eigenvalue weighted by molar-refractivity contribution is 7.98. The van der Waals surface area contributed by atoms with Gasteiger partial charge < -0.3 is 5.11 Å². The van der Waals surface area contributed by atoms with Crippen LogP contribution in [0.5, 0.6) is 0 Å². The molecule has 0 saturated heterocycles. The lowest BCUT2D eigenvalue weighted by molar-refractivity contribution is -0.138. The number of hydrogen-bond donors (Lipinski definition) is 1. The molecule has 0 radical (unpaired) electrons. The van der Waals surface area contributed by atoms with E-state index in [1.807, 2.05) is 0 Å². The molecular weight excluding hydrogens is 370 g/mol. The second kappa shape index (κ2) is 6.99. The standard InChI is InChI=1S/C16H10F6O2S/c17-15(18,19)10-3-1-2-9(6-10)8-25-13-5-4-11(16(20,21)22)7-12(13)14(23)24/h1-7H,8H2,(H,23,24). The van der Waals surface area contributed by atoms with Crippen LogP contribution in [0.3, 0.4) is 0 Å². The van der Waals surface area contributed by atoms with Crippen molar-refractivity contribution in [3.8, 4) is 0 Å². The molecule has 0 unspecified atom stereocenters. The van der Waals surface area contributed by atoms with Crippen molar-refractivity contribution in [2.75, 3.05) is 0 Å². The maximum absolute atomic E-state index is 12.7. The van der Waals surface area contributed by atoms with Gasteiger partial charge in [-0.2, -0.15) is 26.3 Å². The van der Waals surface area contributed by atoms with E-state index in [9.17, 15) is 31.1 Å². The number of alkyl halides is 6. The van der Waals surface area contributed by atoms with Gasteiger partial charge in [-0.05, 0) is 29.8 Å². The number of carboxylic acids is 1. The van der Waals surface area contributed by atoms with E-state index in [4.69, 9.17) is 5.11 Å². The monoisotopic (exact) mass is 380 g/mol. The highest BCUT2D eigenvalue weighted by Crippen LogP contribution is 2.35. The van der Waals surface area contributed by atoms with Crippen molar-refractivity contribution in [1.82, 2.24) is 0 Å². The summed E-state index contributed by atoms with van der Waals surface area (Å²) in [5, 5.41) is 9.07. The van der Waals surface area contributed by atoms with E-state index in [-0.39, 0.29) is 16.2 Å².